The molecule has 1 unspecified atom stereocenters. The maximum absolute atomic E-state index is 12.7. The van der Waals surface area contributed by atoms with Crippen molar-refractivity contribution in [3.05, 3.63) is 46.4 Å². The van der Waals surface area contributed by atoms with Crippen molar-refractivity contribution in [1.82, 2.24) is 15.1 Å². The van der Waals surface area contributed by atoms with Crippen molar-refractivity contribution >= 4 is 27.7 Å². The molecule has 3 rings (SSSR count). The first-order valence-electron chi connectivity index (χ1n) is 8.25. The summed E-state index contributed by atoms with van der Waals surface area (Å²) in [7, 11) is 3.83. The predicted octanol–water partition coefficient (Wildman–Crippen LogP) is 2.99. The fourth-order valence-electron chi connectivity index (χ4n) is 2.78. The zero-order valence-corrected chi connectivity index (χ0v) is 15.9. The minimum atomic E-state index is -0.0624. The van der Waals surface area contributed by atoms with E-state index in [-0.39, 0.29) is 12.0 Å². The van der Waals surface area contributed by atoms with Gasteiger partial charge in [0.1, 0.15) is 6.10 Å². The van der Waals surface area contributed by atoms with Gasteiger partial charge in [-0.25, -0.2) is 0 Å². The largest absolute Gasteiger partial charge is 0.471 e. The van der Waals surface area contributed by atoms with Gasteiger partial charge in [0.25, 0.3) is 5.91 Å². The SMILES string of the molecule is CN(C)c1ccc(OC2CCCN(C(=O)c3ccc(Br)cc3)C2)nn1. The molecule has 1 aliphatic rings. The van der Waals surface area contributed by atoms with Gasteiger partial charge in [-0.15, -0.1) is 10.2 Å². The van der Waals surface area contributed by atoms with Gasteiger partial charge >= 0.3 is 0 Å². The molecule has 7 heteroatoms. The molecule has 2 heterocycles. The molecule has 0 saturated carbocycles. The maximum atomic E-state index is 12.7. The molecule has 1 aromatic carbocycles. The summed E-state index contributed by atoms with van der Waals surface area (Å²) in [5.74, 6) is 1.31. The monoisotopic (exact) mass is 404 g/mol. The molecule has 1 amide bonds. The summed E-state index contributed by atoms with van der Waals surface area (Å²) < 4.78 is 6.89. The zero-order chi connectivity index (χ0) is 17.8. The second kappa shape index (κ2) is 7.82. The molecule has 0 N–H and O–H groups in total. The second-order valence-corrected chi connectivity index (χ2v) is 7.18. The summed E-state index contributed by atoms with van der Waals surface area (Å²) >= 11 is 3.39. The van der Waals surface area contributed by atoms with Crippen LogP contribution in [0.4, 0.5) is 5.82 Å². The summed E-state index contributed by atoms with van der Waals surface area (Å²) in [5.41, 5.74) is 0.693. The van der Waals surface area contributed by atoms with Gasteiger partial charge < -0.3 is 14.5 Å². The minimum absolute atomic E-state index is 0.0369. The number of ether oxygens (including phenoxy) is 1. The number of rotatable bonds is 4. The van der Waals surface area contributed by atoms with Gasteiger partial charge in [-0.3, -0.25) is 4.79 Å². The van der Waals surface area contributed by atoms with E-state index in [2.05, 4.69) is 26.1 Å². The standard InChI is InChI=1S/C18H21BrN4O2/c1-22(2)16-9-10-17(21-20-16)25-15-4-3-11-23(12-15)18(24)13-5-7-14(19)8-6-13/h5-10,15H,3-4,11-12H2,1-2H3. The normalized spacial score (nSPS) is 17.2. The number of piperidine rings is 1. The average Bonchev–Trinajstić information content (AvgIpc) is 2.62. The summed E-state index contributed by atoms with van der Waals surface area (Å²) in [6, 6.07) is 11.1. The van der Waals surface area contributed by atoms with Gasteiger partial charge in [0, 0.05) is 36.7 Å². The van der Waals surface area contributed by atoms with E-state index in [0.717, 1.165) is 29.7 Å². The Balaban J connectivity index is 1.62. The predicted molar refractivity (Wildman–Crippen MR) is 100 cm³/mol. The number of benzene rings is 1. The highest BCUT2D eigenvalue weighted by molar-refractivity contribution is 9.10. The molecule has 2 aromatic rings. The third-order valence-corrected chi connectivity index (χ3v) is 4.66. The Morgan fingerprint density at radius 2 is 1.96 bits per heavy atom. The van der Waals surface area contributed by atoms with E-state index in [1.165, 1.54) is 0 Å². The highest BCUT2D eigenvalue weighted by atomic mass is 79.9. The zero-order valence-electron chi connectivity index (χ0n) is 14.4. The van der Waals surface area contributed by atoms with Crippen LogP contribution in [0.3, 0.4) is 0 Å². The van der Waals surface area contributed by atoms with Crippen LogP contribution in [0.1, 0.15) is 23.2 Å². The van der Waals surface area contributed by atoms with E-state index in [1.54, 1.807) is 0 Å². The molecule has 1 atom stereocenters. The molecule has 0 radical (unpaired) electrons. The highest BCUT2D eigenvalue weighted by Crippen LogP contribution is 2.20. The van der Waals surface area contributed by atoms with Crippen LogP contribution in [-0.4, -0.2) is 54.3 Å². The molecule has 132 valence electrons. The van der Waals surface area contributed by atoms with Crippen LogP contribution in [-0.2, 0) is 0 Å². The summed E-state index contributed by atoms with van der Waals surface area (Å²) in [6.45, 7) is 1.31. The van der Waals surface area contributed by atoms with Crippen LogP contribution in [0.15, 0.2) is 40.9 Å². The molecule has 0 bridgehead atoms. The van der Waals surface area contributed by atoms with E-state index >= 15 is 0 Å². The van der Waals surface area contributed by atoms with Crippen molar-refractivity contribution < 1.29 is 9.53 Å². The minimum Gasteiger partial charge on any atom is -0.471 e. The fourth-order valence-corrected chi connectivity index (χ4v) is 3.04. The smallest absolute Gasteiger partial charge is 0.253 e. The van der Waals surface area contributed by atoms with E-state index in [1.807, 2.05) is 60.3 Å². The van der Waals surface area contributed by atoms with Crippen molar-refractivity contribution in [2.24, 2.45) is 0 Å². The lowest BCUT2D eigenvalue weighted by Gasteiger charge is -2.32. The number of hydrogen-bond acceptors (Lipinski definition) is 5. The number of nitrogens with zero attached hydrogens (tertiary/aromatic N) is 4. The van der Waals surface area contributed by atoms with Crippen LogP contribution >= 0.6 is 15.9 Å². The quantitative estimate of drug-likeness (QED) is 0.783. The van der Waals surface area contributed by atoms with Gasteiger partial charge in [0.2, 0.25) is 5.88 Å². The maximum Gasteiger partial charge on any atom is 0.253 e. The number of hydrogen-bond donors (Lipinski definition) is 0. The van der Waals surface area contributed by atoms with Crippen molar-refractivity contribution in [3.63, 3.8) is 0 Å². The first-order valence-corrected chi connectivity index (χ1v) is 9.05. The van der Waals surface area contributed by atoms with E-state index in [9.17, 15) is 4.79 Å². The van der Waals surface area contributed by atoms with Crippen LogP contribution in [0.2, 0.25) is 0 Å². The van der Waals surface area contributed by atoms with Gasteiger partial charge in [-0.05, 0) is 43.2 Å². The molecule has 0 spiro atoms. The van der Waals surface area contributed by atoms with Gasteiger partial charge in [0.05, 0.1) is 6.54 Å². The van der Waals surface area contributed by atoms with Crippen molar-refractivity contribution in [2.75, 3.05) is 32.1 Å². The van der Waals surface area contributed by atoms with Crippen molar-refractivity contribution in [3.8, 4) is 5.88 Å². The number of likely N-dealkylation sites (tertiary alicyclic amines) is 1. The number of carbonyl (C=O) groups is 1. The van der Waals surface area contributed by atoms with Crippen LogP contribution in [0, 0.1) is 0 Å². The third kappa shape index (κ3) is 4.48. The molecule has 25 heavy (non-hydrogen) atoms. The third-order valence-electron chi connectivity index (χ3n) is 4.13. The number of anilines is 1. The van der Waals surface area contributed by atoms with Crippen LogP contribution in [0.25, 0.3) is 0 Å². The number of amides is 1. The lowest BCUT2D eigenvalue weighted by Crippen LogP contribution is -2.44. The number of halogens is 1. The lowest BCUT2D eigenvalue weighted by molar-refractivity contribution is 0.0525. The molecule has 6 nitrogen and oxygen atoms in total. The van der Waals surface area contributed by atoms with Gasteiger partial charge in [0.15, 0.2) is 5.82 Å². The lowest BCUT2D eigenvalue weighted by atomic mass is 10.1. The highest BCUT2D eigenvalue weighted by Gasteiger charge is 2.26. The molecular weight excluding hydrogens is 384 g/mol. The Morgan fingerprint density at radius 3 is 2.60 bits per heavy atom. The molecular formula is C18H21BrN4O2. The molecule has 1 aliphatic heterocycles. The summed E-state index contributed by atoms with van der Waals surface area (Å²) in [6.07, 6.45) is 1.75. The molecule has 0 aliphatic carbocycles. The van der Waals surface area contributed by atoms with Crippen molar-refractivity contribution in [1.29, 1.82) is 0 Å². The molecule has 1 aromatic heterocycles. The summed E-state index contributed by atoms with van der Waals surface area (Å²) in [4.78, 5) is 16.4. The Morgan fingerprint density at radius 1 is 1.20 bits per heavy atom. The van der Waals surface area contributed by atoms with E-state index in [0.29, 0.717) is 18.0 Å². The average molecular weight is 405 g/mol. The number of aromatic nitrogens is 2. The molecule has 1 fully saturated rings. The van der Waals surface area contributed by atoms with E-state index in [4.69, 9.17) is 4.74 Å². The van der Waals surface area contributed by atoms with Crippen LogP contribution in [0.5, 0.6) is 5.88 Å². The van der Waals surface area contributed by atoms with E-state index < -0.39 is 0 Å². The van der Waals surface area contributed by atoms with Crippen LogP contribution < -0.4 is 9.64 Å². The Bertz CT molecular complexity index is 719. The number of carbonyl (C=O) groups excluding carboxylic acids is 1. The fraction of sp³-hybridized carbons (Fsp3) is 0.389. The van der Waals surface area contributed by atoms with Crippen molar-refractivity contribution in [2.45, 2.75) is 18.9 Å². The first-order chi connectivity index (χ1) is 12.0. The Hall–Kier alpha value is -2.15. The van der Waals surface area contributed by atoms with Gasteiger partial charge in [-0.2, -0.15) is 0 Å². The molecule has 1 saturated heterocycles. The summed E-state index contributed by atoms with van der Waals surface area (Å²) in [5, 5.41) is 8.23. The first kappa shape index (κ1) is 17.7. The second-order valence-electron chi connectivity index (χ2n) is 6.26. The Kier molecular flexibility index (Phi) is 5.53. The topological polar surface area (TPSA) is 58.6 Å². The Labute approximate surface area is 155 Å². The van der Waals surface area contributed by atoms with Gasteiger partial charge in [-0.1, -0.05) is 15.9 Å².